The first-order valence-corrected chi connectivity index (χ1v) is 5.80. The Morgan fingerprint density at radius 3 is 2.73 bits per heavy atom. The second-order valence-electron chi connectivity index (χ2n) is 4.22. The second-order valence-corrected chi connectivity index (χ2v) is 4.22. The summed E-state index contributed by atoms with van der Waals surface area (Å²) >= 11 is 0. The molecule has 84 valence electrons. The first kappa shape index (κ1) is 10.5. The highest BCUT2D eigenvalue weighted by Crippen LogP contribution is 2.29. The normalized spacial score (nSPS) is 16.7. The Morgan fingerprint density at radius 2 is 2.27 bits per heavy atom. The van der Waals surface area contributed by atoms with E-state index in [2.05, 4.69) is 12.0 Å². The summed E-state index contributed by atoms with van der Waals surface area (Å²) in [5.74, 6) is 0. The first-order chi connectivity index (χ1) is 7.27. The number of aromatic amines is 1. The standard InChI is InChI=1S/C11H19N3O/c1-2-10-9(6-7-12)11(15)14(13-10)8-4-3-5-8/h8,13H,2-7,12H2,1H3. The van der Waals surface area contributed by atoms with E-state index in [-0.39, 0.29) is 5.56 Å². The molecule has 3 N–H and O–H groups in total. The van der Waals surface area contributed by atoms with E-state index in [0.29, 0.717) is 19.0 Å². The van der Waals surface area contributed by atoms with Gasteiger partial charge in [0.1, 0.15) is 0 Å². The van der Waals surface area contributed by atoms with Gasteiger partial charge >= 0.3 is 0 Å². The zero-order chi connectivity index (χ0) is 10.8. The van der Waals surface area contributed by atoms with Gasteiger partial charge in [0.15, 0.2) is 0 Å². The Morgan fingerprint density at radius 1 is 1.53 bits per heavy atom. The van der Waals surface area contributed by atoms with Gasteiger partial charge in [-0.2, -0.15) is 0 Å². The van der Waals surface area contributed by atoms with Crippen LogP contribution in [0, 0.1) is 0 Å². The highest BCUT2D eigenvalue weighted by molar-refractivity contribution is 5.18. The lowest BCUT2D eigenvalue weighted by atomic mass is 9.93. The lowest BCUT2D eigenvalue weighted by Gasteiger charge is -2.25. The summed E-state index contributed by atoms with van der Waals surface area (Å²) in [6.07, 6.45) is 5.07. The molecule has 0 aromatic carbocycles. The van der Waals surface area contributed by atoms with Gasteiger partial charge in [0, 0.05) is 11.3 Å². The number of H-pyrrole nitrogens is 1. The minimum absolute atomic E-state index is 0.155. The molecular formula is C11H19N3O. The van der Waals surface area contributed by atoms with Crippen LogP contribution in [0.5, 0.6) is 0 Å². The maximum Gasteiger partial charge on any atom is 0.270 e. The lowest BCUT2D eigenvalue weighted by molar-refractivity contribution is 0.282. The van der Waals surface area contributed by atoms with E-state index >= 15 is 0 Å². The van der Waals surface area contributed by atoms with E-state index in [1.165, 1.54) is 6.42 Å². The molecule has 1 aromatic heterocycles. The van der Waals surface area contributed by atoms with Gasteiger partial charge in [-0.25, -0.2) is 4.68 Å². The molecule has 0 bridgehead atoms. The van der Waals surface area contributed by atoms with Crippen molar-refractivity contribution in [3.63, 3.8) is 0 Å². The van der Waals surface area contributed by atoms with Gasteiger partial charge in [0.05, 0.1) is 6.04 Å². The van der Waals surface area contributed by atoms with Crippen LogP contribution in [0.15, 0.2) is 4.79 Å². The Labute approximate surface area is 89.5 Å². The predicted octanol–water partition coefficient (Wildman–Crippen LogP) is 0.965. The highest BCUT2D eigenvalue weighted by Gasteiger charge is 2.23. The lowest BCUT2D eigenvalue weighted by Crippen LogP contribution is -2.28. The predicted molar refractivity (Wildman–Crippen MR) is 60.1 cm³/mol. The van der Waals surface area contributed by atoms with Crippen molar-refractivity contribution in [2.24, 2.45) is 5.73 Å². The molecule has 1 aromatic rings. The third-order valence-corrected chi connectivity index (χ3v) is 3.28. The maximum absolute atomic E-state index is 12.0. The minimum Gasteiger partial charge on any atom is -0.330 e. The van der Waals surface area contributed by atoms with Crippen LogP contribution in [0.3, 0.4) is 0 Å². The molecule has 1 fully saturated rings. The number of hydrogen-bond acceptors (Lipinski definition) is 2. The fourth-order valence-corrected chi connectivity index (χ4v) is 2.13. The van der Waals surface area contributed by atoms with Crippen LogP contribution in [-0.2, 0) is 12.8 Å². The zero-order valence-corrected chi connectivity index (χ0v) is 9.25. The fourth-order valence-electron chi connectivity index (χ4n) is 2.13. The van der Waals surface area contributed by atoms with Crippen molar-refractivity contribution >= 4 is 0 Å². The summed E-state index contributed by atoms with van der Waals surface area (Å²) in [4.78, 5) is 12.0. The van der Waals surface area contributed by atoms with Gasteiger partial charge in [-0.05, 0) is 38.6 Å². The summed E-state index contributed by atoms with van der Waals surface area (Å²) in [6, 6.07) is 0.411. The summed E-state index contributed by atoms with van der Waals surface area (Å²) in [5, 5.41) is 3.24. The average molecular weight is 209 g/mol. The van der Waals surface area contributed by atoms with Crippen molar-refractivity contribution in [2.45, 2.75) is 45.1 Å². The molecule has 2 rings (SSSR count). The topological polar surface area (TPSA) is 63.8 Å². The molecule has 0 atom stereocenters. The van der Waals surface area contributed by atoms with Gasteiger partial charge in [0.25, 0.3) is 5.56 Å². The third-order valence-electron chi connectivity index (χ3n) is 3.28. The van der Waals surface area contributed by atoms with E-state index in [1.54, 1.807) is 0 Å². The number of rotatable bonds is 4. The van der Waals surface area contributed by atoms with Crippen molar-refractivity contribution < 1.29 is 0 Å². The van der Waals surface area contributed by atoms with E-state index in [4.69, 9.17) is 5.73 Å². The molecule has 1 aliphatic rings. The van der Waals surface area contributed by atoms with Crippen LogP contribution < -0.4 is 11.3 Å². The number of aryl methyl sites for hydroxylation is 1. The minimum atomic E-state index is 0.155. The van der Waals surface area contributed by atoms with Crippen LogP contribution in [0.25, 0.3) is 0 Å². The molecule has 4 heteroatoms. The molecular weight excluding hydrogens is 190 g/mol. The van der Waals surface area contributed by atoms with Crippen LogP contribution >= 0.6 is 0 Å². The second kappa shape index (κ2) is 4.23. The molecule has 4 nitrogen and oxygen atoms in total. The molecule has 0 unspecified atom stereocenters. The van der Waals surface area contributed by atoms with Crippen LogP contribution in [0.4, 0.5) is 0 Å². The molecule has 0 radical (unpaired) electrons. The van der Waals surface area contributed by atoms with Gasteiger partial charge in [-0.1, -0.05) is 6.92 Å². The fraction of sp³-hybridized carbons (Fsp3) is 0.727. The molecule has 0 spiro atoms. The van der Waals surface area contributed by atoms with Crippen molar-refractivity contribution in [1.29, 1.82) is 0 Å². The Hall–Kier alpha value is -1.03. The van der Waals surface area contributed by atoms with Crippen molar-refractivity contribution in [1.82, 2.24) is 9.78 Å². The van der Waals surface area contributed by atoms with E-state index < -0.39 is 0 Å². The number of nitrogens with two attached hydrogens (primary N) is 1. The van der Waals surface area contributed by atoms with Gasteiger partial charge < -0.3 is 5.73 Å². The largest absolute Gasteiger partial charge is 0.330 e. The molecule has 1 saturated carbocycles. The quantitative estimate of drug-likeness (QED) is 0.776. The third kappa shape index (κ3) is 1.74. The van der Waals surface area contributed by atoms with Gasteiger partial charge in [0.2, 0.25) is 0 Å². The first-order valence-electron chi connectivity index (χ1n) is 5.80. The Balaban J connectivity index is 2.35. The summed E-state index contributed by atoms with van der Waals surface area (Å²) in [5.41, 5.74) is 7.64. The van der Waals surface area contributed by atoms with E-state index in [1.807, 2.05) is 4.68 Å². The molecule has 0 saturated heterocycles. The SMILES string of the molecule is CCc1[nH]n(C2CCC2)c(=O)c1CCN. The number of aromatic nitrogens is 2. The summed E-state index contributed by atoms with van der Waals surface area (Å²) in [6.45, 7) is 2.61. The van der Waals surface area contributed by atoms with Crippen molar-refractivity contribution in [3.05, 3.63) is 21.6 Å². The van der Waals surface area contributed by atoms with Crippen molar-refractivity contribution in [2.75, 3.05) is 6.54 Å². The number of nitrogens with one attached hydrogen (secondary N) is 1. The summed E-state index contributed by atoms with van der Waals surface area (Å²) in [7, 11) is 0. The average Bonchev–Trinajstić information content (AvgIpc) is 2.44. The van der Waals surface area contributed by atoms with E-state index in [0.717, 1.165) is 30.5 Å². The molecule has 0 amide bonds. The van der Waals surface area contributed by atoms with Gasteiger partial charge in [-0.15, -0.1) is 0 Å². The smallest absolute Gasteiger partial charge is 0.270 e. The van der Waals surface area contributed by atoms with Crippen molar-refractivity contribution in [3.8, 4) is 0 Å². The van der Waals surface area contributed by atoms with Crippen LogP contribution in [0.2, 0.25) is 0 Å². The summed E-state index contributed by atoms with van der Waals surface area (Å²) < 4.78 is 1.81. The number of hydrogen-bond donors (Lipinski definition) is 2. The molecule has 0 aliphatic heterocycles. The van der Waals surface area contributed by atoms with Gasteiger partial charge in [-0.3, -0.25) is 9.89 Å². The molecule has 1 aliphatic carbocycles. The number of nitrogens with zero attached hydrogens (tertiary/aromatic N) is 1. The van der Waals surface area contributed by atoms with Crippen LogP contribution in [-0.4, -0.2) is 16.3 Å². The van der Waals surface area contributed by atoms with E-state index in [9.17, 15) is 4.79 Å². The highest BCUT2D eigenvalue weighted by atomic mass is 16.1. The monoisotopic (exact) mass is 209 g/mol. The van der Waals surface area contributed by atoms with Crippen LogP contribution in [0.1, 0.15) is 43.5 Å². The maximum atomic E-state index is 12.0. The Bertz CT molecular complexity index is 387. The molecule has 15 heavy (non-hydrogen) atoms. The molecule has 1 heterocycles. The zero-order valence-electron chi connectivity index (χ0n) is 9.25. The Kier molecular flexibility index (Phi) is 2.95.